The molecular formula is C39H36BP. The first kappa shape index (κ1) is 28.3. The van der Waals surface area contributed by atoms with Gasteiger partial charge in [0.2, 0.25) is 6.71 Å². The Hall–Kier alpha value is -4.19. The second-order valence-corrected chi connectivity index (χ2v) is 12.7. The first-order chi connectivity index (χ1) is 20.1. The fourth-order valence-corrected chi connectivity index (χ4v) is 7.34. The smallest absolute Gasteiger partial charge is 0.0687 e. The summed E-state index contributed by atoms with van der Waals surface area (Å²) in [5.41, 5.74) is 7.94. The van der Waals surface area contributed by atoms with Gasteiger partial charge < -0.3 is 0 Å². The van der Waals surface area contributed by atoms with E-state index in [1.165, 1.54) is 49.0 Å². The van der Waals surface area contributed by atoms with Crippen LogP contribution in [0.4, 0.5) is 0 Å². The third kappa shape index (κ3) is 7.52. The van der Waals surface area contributed by atoms with Crippen LogP contribution >= 0.6 is 7.92 Å². The van der Waals surface area contributed by atoms with Gasteiger partial charge in [-0.3, -0.25) is 0 Å². The van der Waals surface area contributed by atoms with Crippen LogP contribution in [0.5, 0.6) is 0 Å². The maximum atomic E-state index is 2.25. The number of hydrogen-bond donors (Lipinski definition) is 0. The molecule has 6 rings (SSSR count). The summed E-state index contributed by atoms with van der Waals surface area (Å²) in [7, 11) is -0.446. The monoisotopic (exact) mass is 546 g/mol. The van der Waals surface area contributed by atoms with Crippen molar-refractivity contribution in [3.05, 3.63) is 180 Å². The van der Waals surface area contributed by atoms with Crippen LogP contribution in [0, 0.1) is 20.8 Å². The molecular weight excluding hydrogens is 510 g/mol. The van der Waals surface area contributed by atoms with E-state index in [9.17, 15) is 0 Å². The summed E-state index contributed by atoms with van der Waals surface area (Å²) in [4.78, 5) is 0. The predicted octanol–water partition coefficient (Wildman–Crippen LogP) is 6.57. The van der Waals surface area contributed by atoms with Gasteiger partial charge in [0.25, 0.3) is 0 Å². The molecule has 0 aliphatic rings. The van der Waals surface area contributed by atoms with Gasteiger partial charge in [-0.1, -0.05) is 197 Å². The Morgan fingerprint density at radius 2 is 0.561 bits per heavy atom. The molecule has 0 aliphatic carbocycles. The average molecular weight is 547 g/mol. The topological polar surface area (TPSA) is 0 Å². The van der Waals surface area contributed by atoms with E-state index < -0.39 is 7.92 Å². The van der Waals surface area contributed by atoms with Crippen LogP contribution in [0.25, 0.3) is 0 Å². The standard InChI is InChI=1S/C21H21B.C18H15P/c1-16-4-10-19(11-5-16)22(20-12-6-17(2)7-13-20)21-14-8-18(3)9-15-21;1-4-10-16(11-5-1)19(17-12-6-2-7-13-17)18-14-8-3-9-15-18/h4-15H,1-3H3;1-15H. The largest absolute Gasteiger partial charge is 0.241 e. The maximum Gasteiger partial charge on any atom is 0.241 e. The Kier molecular flexibility index (Phi) is 9.63. The lowest BCUT2D eigenvalue weighted by atomic mass is 9.37. The zero-order valence-corrected chi connectivity index (χ0v) is 25.0. The quantitative estimate of drug-likeness (QED) is 0.164. The van der Waals surface area contributed by atoms with Gasteiger partial charge in [0, 0.05) is 0 Å². The molecule has 0 spiro atoms. The van der Waals surface area contributed by atoms with E-state index in [1.807, 2.05) is 0 Å². The highest BCUT2D eigenvalue weighted by Crippen LogP contribution is 2.32. The third-order valence-corrected chi connectivity index (χ3v) is 9.72. The lowest BCUT2D eigenvalue weighted by molar-refractivity contribution is 1.48. The van der Waals surface area contributed by atoms with Crippen molar-refractivity contribution in [1.82, 2.24) is 0 Å². The van der Waals surface area contributed by atoms with Gasteiger partial charge in [0.1, 0.15) is 0 Å². The van der Waals surface area contributed by atoms with Crippen molar-refractivity contribution in [3.8, 4) is 0 Å². The molecule has 0 nitrogen and oxygen atoms in total. The molecule has 0 saturated heterocycles. The van der Waals surface area contributed by atoms with E-state index in [-0.39, 0.29) is 0 Å². The molecule has 41 heavy (non-hydrogen) atoms. The molecule has 0 saturated carbocycles. The zero-order chi connectivity index (χ0) is 28.4. The highest BCUT2D eigenvalue weighted by Gasteiger charge is 2.21. The van der Waals surface area contributed by atoms with Crippen molar-refractivity contribution in [1.29, 1.82) is 0 Å². The van der Waals surface area contributed by atoms with Crippen LogP contribution in [-0.2, 0) is 0 Å². The maximum absolute atomic E-state index is 2.25. The van der Waals surface area contributed by atoms with Crippen LogP contribution in [0.2, 0.25) is 0 Å². The molecule has 0 radical (unpaired) electrons. The molecule has 200 valence electrons. The number of benzene rings is 6. The highest BCUT2D eigenvalue weighted by molar-refractivity contribution is 7.79. The minimum atomic E-state index is -0.446. The Bertz CT molecular complexity index is 1410. The van der Waals surface area contributed by atoms with Crippen LogP contribution in [-0.4, -0.2) is 6.71 Å². The molecule has 6 aromatic rings. The third-order valence-electron chi connectivity index (χ3n) is 7.28. The molecule has 2 heteroatoms. The summed E-state index contributed by atoms with van der Waals surface area (Å²) in [5.74, 6) is 0. The number of aryl methyl sites for hydroxylation is 3. The van der Waals surface area contributed by atoms with E-state index in [0.29, 0.717) is 6.71 Å². The lowest BCUT2D eigenvalue weighted by Gasteiger charge is -2.18. The van der Waals surface area contributed by atoms with Crippen molar-refractivity contribution >= 4 is 46.9 Å². The van der Waals surface area contributed by atoms with E-state index >= 15 is 0 Å². The summed E-state index contributed by atoms with van der Waals surface area (Å²) >= 11 is 0. The Balaban J connectivity index is 0.000000166. The molecule has 0 aliphatic heterocycles. The van der Waals surface area contributed by atoms with Crippen LogP contribution in [0.3, 0.4) is 0 Å². The Morgan fingerprint density at radius 3 is 0.805 bits per heavy atom. The minimum absolute atomic E-state index is 0.293. The minimum Gasteiger partial charge on any atom is -0.0687 e. The first-order valence-corrected chi connectivity index (χ1v) is 15.6. The van der Waals surface area contributed by atoms with Gasteiger partial charge in [0.05, 0.1) is 0 Å². The molecule has 0 bridgehead atoms. The summed E-state index contributed by atoms with van der Waals surface area (Å²) < 4.78 is 0. The van der Waals surface area contributed by atoms with E-state index in [1.54, 1.807) is 0 Å². The van der Waals surface area contributed by atoms with Crippen LogP contribution < -0.4 is 32.3 Å². The van der Waals surface area contributed by atoms with Crippen molar-refractivity contribution in [2.24, 2.45) is 0 Å². The van der Waals surface area contributed by atoms with Gasteiger partial charge >= 0.3 is 0 Å². The Labute approximate surface area is 247 Å². The lowest BCUT2D eigenvalue weighted by Crippen LogP contribution is -2.51. The Morgan fingerprint density at radius 1 is 0.317 bits per heavy atom. The second kappa shape index (κ2) is 13.9. The zero-order valence-electron chi connectivity index (χ0n) is 24.1. The van der Waals surface area contributed by atoms with Gasteiger partial charge in [-0.2, -0.15) is 0 Å². The highest BCUT2D eigenvalue weighted by atomic mass is 31.1. The first-order valence-electron chi connectivity index (χ1n) is 14.2. The van der Waals surface area contributed by atoms with Crippen molar-refractivity contribution in [2.45, 2.75) is 20.8 Å². The summed E-state index contributed by atoms with van der Waals surface area (Å²) in [6.45, 7) is 6.70. The summed E-state index contributed by atoms with van der Waals surface area (Å²) in [6, 6.07) is 59.0. The second-order valence-electron chi connectivity index (χ2n) is 10.5. The predicted molar refractivity (Wildman–Crippen MR) is 183 cm³/mol. The van der Waals surface area contributed by atoms with Crippen molar-refractivity contribution < 1.29 is 0 Å². The number of hydrogen-bond acceptors (Lipinski definition) is 0. The number of rotatable bonds is 6. The molecule has 0 heterocycles. The fraction of sp³-hybridized carbons (Fsp3) is 0.0769. The SMILES string of the molecule is Cc1ccc(B(c2ccc(C)cc2)c2ccc(C)cc2)cc1.c1ccc(P(c2ccccc2)c2ccccc2)cc1. The summed E-state index contributed by atoms with van der Waals surface area (Å²) in [6.07, 6.45) is 0. The van der Waals surface area contributed by atoms with Gasteiger partial charge in [0.15, 0.2) is 0 Å². The van der Waals surface area contributed by atoms with Gasteiger partial charge in [-0.05, 0) is 44.6 Å². The molecule has 0 unspecified atom stereocenters. The average Bonchev–Trinajstić information content (AvgIpc) is 3.02. The van der Waals surface area contributed by atoms with E-state index in [0.717, 1.165) is 0 Å². The van der Waals surface area contributed by atoms with Crippen LogP contribution in [0.15, 0.2) is 164 Å². The molecule has 0 amide bonds. The van der Waals surface area contributed by atoms with Gasteiger partial charge in [-0.15, -0.1) is 0 Å². The fourth-order valence-electron chi connectivity index (χ4n) is 5.03. The molecule has 0 N–H and O–H groups in total. The van der Waals surface area contributed by atoms with E-state index in [2.05, 4.69) is 185 Å². The van der Waals surface area contributed by atoms with Crippen molar-refractivity contribution in [3.63, 3.8) is 0 Å². The molecule has 6 aromatic carbocycles. The molecule has 0 fully saturated rings. The van der Waals surface area contributed by atoms with Crippen molar-refractivity contribution in [2.75, 3.05) is 0 Å². The normalized spacial score (nSPS) is 10.5. The van der Waals surface area contributed by atoms with Crippen LogP contribution in [0.1, 0.15) is 16.7 Å². The van der Waals surface area contributed by atoms with Gasteiger partial charge in [-0.25, -0.2) is 0 Å². The van der Waals surface area contributed by atoms with E-state index in [4.69, 9.17) is 0 Å². The molecule has 0 aromatic heterocycles. The molecule has 0 atom stereocenters. The summed E-state index contributed by atoms with van der Waals surface area (Å²) in [5, 5.41) is 4.19.